The lowest BCUT2D eigenvalue weighted by molar-refractivity contribution is 0.196. The number of benzene rings is 2. The van der Waals surface area contributed by atoms with Crippen molar-refractivity contribution in [1.29, 1.82) is 0 Å². The average molecular weight is 272 g/mol. The molecule has 106 valence electrons. The molecule has 0 aromatic heterocycles. The molecule has 3 heteroatoms. The third kappa shape index (κ3) is 3.31. The third-order valence-corrected chi connectivity index (χ3v) is 3.24. The zero-order valence-electron chi connectivity index (χ0n) is 12.0. The molecule has 1 N–H and O–H groups in total. The third-order valence-electron chi connectivity index (χ3n) is 3.24. The van der Waals surface area contributed by atoms with E-state index < -0.39 is 6.10 Å². The summed E-state index contributed by atoms with van der Waals surface area (Å²) in [5, 5.41) is 9.60. The van der Waals surface area contributed by atoms with Crippen molar-refractivity contribution in [2.24, 2.45) is 0 Å². The number of hydrogen-bond donors (Lipinski definition) is 1. The molecular formula is C17H20O3. The van der Waals surface area contributed by atoms with Crippen LogP contribution >= 0.6 is 0 Å². The molecular weight excluding hydrogens is 252 g/mol. The lowest BCUT2D eigenvalue weighted by Gasteiger charge is -2.18. The van der Waals surface area contributed by atoms with Gasteiger partial charge in [0.25, 0.3) is 0 Å². The summed E-state index contributed by atoms with van der Waals surface area (Å²) in [5.41, 5.74) is 1.91. The zero-order chi connectivity index (χ0) is 14.5. The van der Waals surface area contributed by atoms with E-state index in [9.17, 15) is 5.11 Å². The Labute approximate surface area is 119 Å². The highest BCUT2D eigenvalue weighted by molar-refractivity contribution is 5.44. The average Bonchev–Trinajstić information content (AvgIpc) is 2.48. The van der Waals surface area contributed by atoms with Gasteiger partial charge in [0.2, 0.25) is 0 Å². The first-order valence-corrected chi connectivity index (χ1v) is 6.69. The summed E-state index contributed by atoms with van der Waals surface area (Å²) >= 11 is 0. The molecule has 0 aliphatic heterocycles. The molecule has 2 unspecified atom stereocenters. The van der Waals surface area contributed by atoms with Crippen molar-refractivity contribution in [3.05, 3.63) is 59.7 Å². The quantitative estimate of drug-likeness (QED) is 0.897. The molecule has 0 heterocycles. The lowest BCUT2D eigenvalue weighted by atomic mass is 10.1. The number of methoxy groups -OCH3 is 1. The smallest absolute Gasteiger partial charge is 0.162 e. The van der Waals surface area contributed by atoms with E-state index in [0.29, 0.717) is 11.5 Å². The summed E-state index contributed by atoms with van der Waals surface area (Å²) in [6.07, 6.45) is -0.591. The van der Waals surface area contributed by atoms with E-state index in [-0.39, 0.29) is 6.10 Å². The van der Waals surface area contributed by atoms with E-state index in [4.69, 9.17) is 9.47 Å². The largest absolute Gasteiger partial charge is 0.493 e. The van der Waals surface area contributed by atoms with Gasteiger partial charge in [-0.25, -0.2) is 0 Å². The van der Waals surface area contributed by atoms with Gasteiger partial charge in [0.1, 0.15) is 6.10 Å². The molecule has 0 saturated carbocycles. The van der Waals surface area contributed by atoms with Gasteiger partial charge in [0, 0.05) is 0 Å². The summed E-state index contributed by atoms with van der Waals surface area (Å²) in [6.45, 7) is 3.72. The van der Waals surface area contributed by atoms with Gasteiger partial charge >= 0.3 is 0 Å². The molecule has 0 aliphatic rings. The molecule has 2 atom stereocenters. The maximum absolute atomic E-state index is 9.60. The van der Waals surface area contributed by atoms with Crippen LogP contribution in [0.2, 0.25) is 0 Å². The van der Waals surface area contributed by atoms with Crippen molar-refractivity contribution >= 4 is 0 Å². The Morgan fingerprint density at radius 2 is 1.60 bits per heavy atom. The standard InChI is InChI=1S/C17H20O3/c1-12(18)15-9-10-16(17(11-15)19-3)20-13(2)14-7-5-4-6-8-14/h4-13,18H,1-3H3. The van der Waals surface area contributed by atoms with Gasteiger partial charge in [-0.2, -0.15) is 0 Å². The minimum absolute atomic E-state index is 0.0671. The molecule has 3 nitrogen and oxygen atoms in total. The van der Waals surface area contributed by atoms with Crippen molar-refractivity contribution < 1.29 is 14.6 Å². The predicted molar refractivity (Wildman–Crippen MR) is 79.1 cm³/mol. The molecule has 0 saturated heterocycles. The maximum atomic E-state index is 9.60. The van der Waals surface area contributed by atoms with Gasteiger partial charge in [-0.05, 0) is 37.1 Å². The summed E-state index contributed by atoms with van der Waals surface area (Å²) in [6, 6.07) is 15.5. The number of aliphatic hydroxyl groups excluding tert-OH is 1. The molecule has 20 heavy (non-hydrogen) atoms. The maximum Gasteiger partial charge on any atom is 0.162 e. The summed E-state index contributed by atoms with van der Waals surface area (Å²) in [7, 11) is 1.60. The van der Waals surface area contributed by atoms with Crippen LogP contribution in [0.5, 0.6) is 11.5 Å². The molecule has 0 fully saturated rings. The number of ether oxygens (including phenoxy) is 2. The van der Waals surface area contributed by atoms with Crippen LogP contribution in [0.4, 0.5) is 0 Å². The first-order chi connectivity index (χ1) is 9.61. The second kappa shape index (κ2) is 6.44. The van der Waals surface area contributed by atoms with E-state index in [1.807, 2.05) is 49.4 Å². The van der Waals surface area contributed by atoms with Gasteiger partial charge in [-0.15, -0.1) is 0 Å². The Morgan fingerprint density at radius 1 is 0.900 bits per heavy atom. The highest BCUT2D eigenvalue weighted by atomic mass is 16.5. The van der Waals surface area contributed by atoms with E-state index in [2.05, 4.69) is 0 Å². The van der Waals surface area contributed by atoms with E-state index in [1.54, 1.807) is 20.1 Å². The van der Waals surface area contributed by atoms with Crippen LogP contribution in [0.3, 0.4) is 0 Å². The molecule has 2 aromatic carbocycles. The van der Waals surface area contributed by atoms with Gasteiger partial charge in [0.05, 0.1) is 13.2 Å². The van der Waals surface area contributed by atoms with Crippen LogP contribution in [-0.2, 0) is 0 Å². The Balaban J connectivity index is 2.21. The molecule has 2 rings (SSSR count). The van der Waals surface area contributed by atoms with E-state index in [0.717, 1.165) is 11.1 Å². The number of hydrogen-bond acceptors (Lipinski definition) is 3. The molecule has 0 aliphatic carbocycles. The second-order valence-electron chi connectivity index (χ2n) is 4.76. The van der Waals surface area contributed by atoms with Crippen molar-refractivity contribution in [2.45, 2.75) is 26.1 Å². The molecule has 2 aromatic rings. The normalized spacial score (nSPS) is 13.6. The monoisotopic (exact) mass is 272 g/mol. The zero-order valence-corrected chi connectivity index (χ0v) is 12.0. The van der Waals surface area contributed by atoms with Crippen molar-refractivity contribution in [3.8, 4) is 11.5 Å². The number of aliphatic hydroxyl groups is 1. The fourth-order valence-corrected chi connectivity index (χ4v) is 2.02. The first kappa shape index (κ1) is 14.4. The lowest BCUT2D eigenvalue weighted by Crippen LogP contribution is -2.04. The van der Waals surface area contributed by atoms with Crippen LogP contribution in [0.25, 0.3) is 0 Å². The van der Waals surface area contributed by atoms with Crippen LogP contribution < -0.4 is 9.47 Å². The van der Waals surface area contributed by atoms with Crippen LogP contribution in [-0.4, -0.2) is 12.2 Å². The van der Waals surface area contributed by atoms with E-state index >= 15 is 0 Å². The first-order valence-electron chi connectivity index (χ1n) is 6.69. The Bertz CT molecular complexity index is 549. The fourth-order valence-electron chi connectivity index (χ4n) is 2.02. The van der Waals surface area contributed by atoms with Gasteiger partial charge in [0.15, 0.2) is 11.5 Å². The fraction of sp³-hybridized carbons (Fsp3) is 0.294. The topological polar surface area (TPSA) is 38.7 Å². The summed E-state index contributed by atoms with van der Waals surface area (Å²) < 4.78 is 11.3. The van der Waals surface area contributed by atoms with E-state index in [1.165, 1.54) is 0 Å². The second-order valence-corrected chi connectivity index (χ2v) is 4.76. The SMILES string of the molecule is COc1cc(C(C)O)ccc1OC(C)c1ccccc1. The van der Waals surface area contributed by atoms with Gasteiger partial charge < -0.3 is 14.6 Å². The minimum Gasteiger partial charge on any atom is -0.493 e. The van der Waals surface area contributed by atoms with Gasteiger partial charge in [-0.3, -0.25) is 0 Å². The molecule has 0 radical (unpaired) electrons. The van der Waals surface area contributed by atoms with Crippen molar-refractivity contribution in [1.82, 2.24) is 0 Å². The molecule has 0 amide bonds. The van der Waals surface area contributed by atoms with Crippen LogP contribution in [0, 0.1) is 0 Å². The highest BCUT2D eigenvalue weighted by Gasteiger charge is 2.12. The Morgan fingerprint density at radius 3 is 2.20 bits per heavy atom. The Hall–Kier alpha value is -2.00. The number of rotatable bonds is 5. The summed E-state index contributed by atoms with van der Waals surface area (Å²) in [4.78, 5) is 0. The van der Waals surface area contributed by atoms with Gasteiger partial charge in [-0.1, -0.05) is 36.4 Å². The minimum atomic E-state index is -0.524. The van der Waals surface area contributed by atoms with Crippen LogP contribution in [0.1, 0.15) is 37.2 Å². The predicted octanol–water partition coefficient (Wildman–Crippen LogP) is 3.89. The summed E-state index contributed by atoms with van der Waals surface area (Å²) in [5.74, 6) is 1.31. The highest BCUT2D eigenvalue weighted by Crippen LogP contribution is 2.33. The molecule has 0 spiro atoms. The van der Waals surface area contributed by atoms with Crippen molar-refractivity contribution in [2.75, 3.05) is 7.11 Å². The molecule has 0 bridgehead atoms. The Kier molecular flexibility index (Phi) is 4.64. The van der Waals surface area contributed by atoms with Crippen LogP contribution in [0.15, 0.2) is 48.5 Å². The van der Waals surface area contributed by atoms with Crippen molar-refractivity contribution in [3.63, 3.8) is 0 Å².